The number of hydrogen-bond acceptors (Lipinski definition) is 8. The lowest BCUT2D eigenvalue weighted by Gasteiger charge is -2.35. The van der Waals surface area contributed by atoms with Crippen LogP contribution in [-0.2, 0) is 19.1 Å². The number of ether oxygens (including phenoxy) is 2. The molecule has 1 heterocycles. The molecular weight excluding hydrogens is 348 g/mol. The van der Waals surface area contributed by atoms with E-state index < -0.39 is 55.9 Å². The Morgan fingerprint density at radius 3 is 2.04 bits per heavy atom. The molecule has 0 aromatic rings. The summed E-state index contributed by atoms with van der Waals surface area (Å²) in [5.74, 6) is -1.40. The summed E-state index contributed by atoms with van der Waals surface area (Å²) < 4.78 is 10.5. The third kappa shape index (κ3) is 2.10. The normalized spacial score (nSPS) is 31.8. The van der Waals surface area contributed by atoms with E-state index in [0.717, 1.165) is 20.8 Å². The first-order valence-electron chi connectivity index (χ1n) is 8.30. The van der Waals surface area contributed by atoms with Crippen molar-refractivity contribution in [1.29, 1.82) is 0 Å². The molecule has 0 unspecified atom stereocenters. The third-order valence-corrected chi connectivity index (χ3v) is 7.08. The highest BCUT2D eigenvalue weighted by Gasteiger charge is 2.76. The molecule has 0 radical (unpaired) electrons. The lowest BCUT2D eigenvalue weighted by molar-refractivity contribution is -0.678. The van der Waals surface area contributed by atoms with Gasteiger partial charge in [0.15, 0.2) is 6.61 Å². The van der Waals surface area contributed by atoms with Crippen molar-refractivity contribution in [3.63, 3.8) is 0 Å². The first-order chi connectivity index (χ1) is 11.6. The zero-order valence-electron chi connectivity index (χ0n) is 15.8. The fourth-order valence-corrected chi connectivity index (χ4v) is 3.67. The molecular formula is C16H24N2O8. The van der Waals surface area contributed by atoms with E-state index in [0.29, 0.717) is 6.42 Å². The maximum atomic E-state index is 12.8. The third-order valence-electron chi connectivity index (χ3n) is 7.08. The largest absolute Gasteiger partial charge is 0.455 e. The molecule has 1 aliphatic heterocycles. The smallest absolute Gasteiger partial charge is 0.351 e. The van der Waals surface area contributed by atoms with Crippen molar-refractivity contribution in [1.82, 2.24) is 0 Å². The van der Waals surface area contributed by atoms with Gasteiger partial charge < -0.3 is 9.47 Å². The average Bonchev–Trinajstić information content (AvgIpc) is 2.81. The minimum atomic E-state index is -2.16. The molecule has 1 aliphatic carbocycles. The molecule has 146 valence electrons. The fourth-order valence-electron chi connectivity index (χ4n) is 3.67. The summed E-state index contributed by atoms with van der Waals surface area (Å²) in [6.45, 7) is 7.63. The van der Waals surface area contributed by atoms with E-state index in [1.165, 1.54) is 0 Å². The van der Waals surface area contributed by atoms with Gasteiger partial charge in [-0.15, -0.1) is 0 Å². The molecule has 2 bridgehead atoms. The van der Waals surface area contributed by atoms with Crippen LogP contribution in [-0.4, -0.2) is 45.1 Å². The summed E-state index contributed by atoms with van der Waals surface area (Å²) in [6, 6.07) is 0. The van der Waals surface area contributed by atoms with Crippen molar-refractivity contribution in [2.24, 2.45) is 10.8 Å². The van der Waals surface area contributed by atoms with Gasteiger partial charge in [0.1, 0.15) is 0 Å². The van der Waals surface area contributed by atoms with Crippen molar-refractivity contribution in [3.8, 4) is 0 Å². The molecule has 1 saturated carbocycles. The average molecular weight is 372 g/mol. The number of carbonyl (C=O) groups is 2. The van der Waals surface area contributed by atoms with E-state index in [-0.39, 0.29) is 6.42 Å². The molecule has 3 atom stereocenters. The number of nitrogens with zero attached hydrogens (tertiary/aromatic N) is 2. The second-order valence-electron chi connectivity index (χ2n) is 8.60. The van der Waals surface area contributed by atoms with Crippen LogP contribution in [0, 0.1) is 31.1 Å². The first kappa shape index (κ1) is 20.1. The summed E-state index contributed by atoms with van der Waals surface area (Å²) in [6.07, 6.45) is 0.676. The number of rotatable bonds is 6. The highest BCUT2D eigenvalue weighted by Crippen LogP contribution is 2.65. The van der Waals surface area contributed by atoms with Crippen molar-refractivity contribution < 1.29 is 28.9 Å². The number of nitro groups is 2. The molecule has 2 fully saturated rings. The summed E-state index contributed by atoms with van der Waals surface area (Å²) in [5, 5.41) is 22.8. The maximum Gasteiger partial charge on any atom is 0.351 e. The summed E-state index contributed by atoms with van der Waals surface area (Å²) in [7, 11) is 0. The van der Waals surface area contributed by atoms with Crippen LogP contribution in [0.5, 0.6) is 0 Å². The Balaban J connectivity index is 2.30. The van der Waals surface area contributed by atoms with Gasteiger partial charge >= 0.3 is 17.5 Å². The maximum absolute atomic E-state index is 12.8. The zero-order chi connectivity index (χ0) is 20.3. The summed E-state index contributed by atoms with van der Waals surface area (Å²) in [5.41, 5.74) is -7.39. The van der Waals surface area contributed by atoms with Gasteiger partial charge in [0.25, 0.3) is 5.54 Å². The van der Waals surface area contributed by atoms with E-state index in [4.69, 9.17) is 9.47 Å². The zero-order valence-corrected chi connectivity index (χ0v) is 15.8. The topological polar surface area (TPSA) is 139 Å². The lowest BCUT2D eigenvalue weighted by Crippen LogP contribution is -2.61. The Hall–Kier alpha value is -2.26. The van der Waals surface area contributed by atoms with E-state index in [9.17, 15) is 29.8 Å². The van der Waals surface area contributed by atoms with Crippen LogP contribution >= 0.6 is 0 Å². The van der Waals surface area contributed by atoms with Crippen LogP contribution in [0.15, 0.2) is 0 Å². The lowest BCUT2D eigenvalue weighted by atomic mass is 9.66. The highest BCUT2D eigenvalue weighted by atomic mass is 16.7. The Labute approximate surface area is 150 Å². The highest BCUT2D eigenvalue weighted by molar-refractivity contribution is 5.93. The monoisotopic (exact) mass is 372 g/mol. The predicted molar refractivity (Wildman–Crippen MR) is 87.4 cm³/mol. The Morgan fingerprint density at radius 2 is 1.69 bits per heavy atom. The van der Waals surface area contributed by atoms with E-state index in [1.807, 2.05) is 0 Å². The van der Waals surface area contributed by atoms with E-state index in [1.54, 1.807) is 20.8 Å². The predicted octanol–water partition coefficient (Wildman–Crippen LogP) is 1.74. The molecule has 0 spiro atoms. The van der Waals surface area contributed by atoms with Gasteiger partial charge in [-0.05, 0) is 19.8 Å². The first-order valence-corrected chi connectivity index (χ1v) is 8.30. The minimum absolute atomic E-state index is 0.245. The van der Waals surface area contributed by atoms with Gasteiger partial charge in [-0.2, -0.15) is 0 Å². The van der Waals surface area contributed by atoms with Crippen molar-refractivity contribution in [2.75, 3.05) is 6.61 Å². The summed E-state index contributed by atoms with van der Waals surface area (Å²) >= 11 is 0. The molecule has 10 heteroatoms. The standard InChI is InChI=1S/C16H24N2O8/c1-12(2)14(5)7-8-16(12,26-10(14)19)11(20)25-9-15(6,18(23)24)13(3,4)17(21)22/h7-9H2,1-6H3/t14-,15-,16+/m0/s1. The Bertz CT molecular complexity index is 702. The van der Waals surface area contributed by atoms with E-state index >= 15 is 0 Å². The van der Waals surface area contributed by atoms with Gasteiger partial charge in [-0.25, -0.2) is 4.79 Å². The molecule has 0 amide bonds. The van der Waals surface area contributed by atoms with Gasteiger partial charge in [-0.1, -0.05) is 13.8 Å². The molecule has 10 nitrogen and oxygen atoms in total. The minimum Gasteiger partial charge on any atom is -0.455 e. The quantitative estimate of drug-likeness (QED) is 0.390. The van der Waals surface area contributed by atoms with Crippen LogP contribution in [0.3, 0.4) is 0 Å². The van der Waals surface area contributed by atoms with Crippen LogP contribution in [0.1, 0.15) is 54.4 Å². The number of fused-ring (bicyclic) bond motifs is 2. The number of carbonyl (C=O) groups excluding carboxylic acids is 2. The molecule has 0 aromatic carbocycles. The molecule has 2 rings (SSSR count). The van der Waals surface area contributed by atoms with Crippen molar-refractivity contribution >= 4 is 11.9 Å². The van der Waals surface area contributed by atoms with Gasteiger partial charge in [0, 0.05) is 36.0 Å². The van der Waals surface area contributed by atoms with Crippen molar-refractivity contribution in [2.45, 2.75) is 71.1 Å². The Kier molecular flexibility index (Phi) is 4.14. The Morgan fingerprint density at radius 1 is 1.15 bits per heavy atom. The molecule has 26 heavy (non-hydrogen) atoms. The van der Waals surface area contributed by atoms with Gasteiger partial charge in [0.2, 0.25) is 5.60 Å². The molecule has 2 aliphatic rings. The number of esters is 2. The second kappa shape index (κ2) is 5.37. The number of hydrogen-bond donors (Lipinski definition) is 0. The SMILES string of the molecule is CC1(C)[C@@]2(C)CC[C@]1(C(=O)OC[C@](C)([N+](=O)[O-])C(C)(C)[N+](=O)[O-])OC2=O. The van der Waals surface area contributed by atoms with Crippen LogP contribution in [0.4, 0.5) is 0 Å². The molecule has 0 N–H and O–H groups in total. The van der Waals surface area contributed by atoms with Crippen molar-refractivity contribution in [3.05, 3.63) is 20.2 Å². The fraction of sp³-hybridized carbons (Fsp3) is 0.875. The van der Waals surface area contributed by atoms with Gasteiger partial charge in [-0.3, -0.25) is 25.0 Å². The molecule has 0 aromatic heterocycles. The van der Waals surface area contributed by atoms with E-state index in [2.05, 4.69) is 0 Å². The molecule has 1 saturated heterocycles. The van der Waals surface area contributed by atoms with Crippen LogP contribution in [0.2, 0.25) is 0 Å². The summed E-state index contributed by atoms with van der Waals surface area (Å²) in [4.78, 5) is 46.2. The van der Waals surface area contributed by atoms with Crippen LogP contribution < -0.4 is 0 Å². The second-order valence-corrected chi connectivity index (χ2v) is 8.60. The van der Waals surface area contributed by atoms with Gasteiger partial charge in [0.05, 0.1) is 5.41 Å². The van der Waals surface area contributed by atoms with Crippen LogP contribution in [0.25, 0.3) is 0 Å².